The van der Waals surface area contributed by atoms with E-state index in [1.54, 1.807) is 6.92 Å². The van der Waals surface area contributed by atoms with E-state index in [4.69, 9.17) is 35.0 Å². The van der Waals surface area contributed by atoms with Crippen molar-refractivity contribution >= 4 is 28.5 Å². The fraction of sp³-hybridized carbons (Fsp3) is 0.200. The van der Waals surface area contributed by atoms with Crippen LogP contribution in [0.4, 0.5) is 0 Å². The second-order valence-electron chi connectivity index (χ2n) is 5.78. The molecular weight excluding hydrogens is 388 g/mol. The van der Waals surface area contributed by atoms with Crippen molar-refractivity contribution in [3.63, 3.8) is 0 Å². The molecule has 0 saturated heterocycles. The van der Waals surface area contributed by atoms with Gasteiger partial charge in [-0.2, -0.15) is 0 Å². The molecule has 0 N–H and O–H groups in total. The molecule has 0 saturated carbocycles. The molecule has 0 aliphatic heterocycles. The lowest BCUT2D eigenvalue weighted by atomic mass is 10.1. The van der Waals surface area contributed by atoms with Gasteiger partial charge in [-0.3, -0.25) is 4.79 Å². The third-order valence-electron chi connectivity index (χ3n) is 4.20. The molecule has 0 spiro atoms. The fourth-order valence-corrected chi connectivity index (χ4v) is 2.91. The lowest BCUT2D eigenvalue weighted by molar-refractivity contribution is 0.0733. The summed E-state index contributed by atoms with van der Waals surface area (Å²) < 4.78 is 26.6. The highest BCUT2D eigenvalue weighted by molar-refractivity contribution is 6.30. The van der Waals surface area contributed by atoms with Crippen molar-refractivity contribution in [2.24, 2.45) is 0 Å². The third-order valence-corrected chi connectivity index (χ3v) is 4.46. The van der Waals surface area contributed by atoms with E-state index in [0.717, 1.165) is 6.26 Å². The molecule has 3 rings (SSSR count). The molecule has 0 fully saturated rings. The molecule has 2 aromatic carbocycles. The van der Waals surface area contributed by atoms with Crippen molar-refractivity contribution < 1.29 is 28.2 Å². The van der Waals surface area contributed by atoms with Crippen molar-refractivity contribution in [3.8, 4) is 23.0 Å². The summed E-state index contributed by atoms with van der Waals surface area (Å²) in [7, 11) is 4.37. The number of esters is 1. The van der Waals surface area contributed by atoms with Gasteiger partial charge >= 0.3 is 5.97 Å². The third kappa shape index (κ3) is 3.36. The Morgan fingerprint density at radius 3 is 2.21 bits per heavy atom. The van der Waals surface area contributed by atoms with Crippen LogP contribution in [0.1, 0.15) is 15.9 Å². The second kappa shape index (κ2) is 7.82. The summed E-state index contributed by atoms with van der Waals surface area (Å²) in [4.78, 5) is 24.8. The summed E-state index contributed by atoms with van der Waals surface area (Å²) in [6, 6.07) is 5.98. The van der Waals surface area contributed by atoms with Crippen molar-refractivity contribution in [3.05, 3.63) is 56.9 Å². The van der Waals surface area contributed by atoms with Crippen LogP contribution in [0.25, 0.3) is 11.0 Å². The number of carbonyl (C=O) groups is 1. The number of carbonyl (C=O) groups excluding carboxylic acids is 1. The fourth-order valence-electron chi connectivity index (χ4n) is 2.77. The second-order valence-corrected chi connectivity index (χ2v) is 6.19. The maximum absolute atomic E-state index is 12.7. The standard InChI is InChI=1S/C20H17ClO7/c1-10-14(6-5-12-17(22)13(21)9-27-18(10)12)28-20(23)11-7-15(24-2)19(26-4)16(8-11)25-3/h5-9H,1-4H3. The van der Waals surface area contributed by atoms with E-state index < -0.39 is 5.97 Å². The van der Waals surface area contributed by atoms with E-state index in [-0.39, 0.29) is 21.8 Å². The van der Waals surface area contributed by atoms with Gasteiger partial charge in [0.05, 0.1) is 32.3 Å². The van der Waals surface area contributed by atoms with Crippen LogP contribution in [0, 0.1) is 6.92 Å². The quantitative estimate of drug-likeness (QED) is 0.469. The molecule has 0 radical (unpaired) electrons. The van der Waals surface area contributed by atoms with Gasteiger partial charge in [0.1, 0.15) is 22.6 Å². The topological polar surface area (TPSA) is 84.2 Å². The van der Waals surface area contributed by atoms with E-state index in [1.165, 1.54) is 45.6 Å². The molecule has 0 aliphatic rings. The van der Waals surface area contributed by atoms with E-state index in [0.29, 0.717) is 33.8 Å². The predicted octanol–water partition coefficient (Wildman–Crippen LogP) is 4.00. The largest absolute Gasteiger partial charge is 0.493 e. The first-order valence-electron chi connectivity index (χ1n) is 8.14. The number of halogens is 1. The first kappa shape index (κ1) is 19.6. The molecule has 1 heterocycles. The first-order chi connectivity index (χ1) is 13.4. The smallest absolute Gasteiger partial charge is 0.343 e. The molecule has 7 nitrogen and oxygen atoms in total. The maximum atomic E-state index is 12.7. The number of ether oxygens (including phenoxy) is 4. The Hall–Kier alpha value is -3.19. The summed E-state index contributed by atoms with van der Waals surface area (Å²) in [5, 5.41) is 0.284. The van der Waals surface area contributed by atoms with E-state index in [9.17, 15) is 9.59 Å². The first-order valence-corrected chi connectivity index (χ1v) is 8.51. The van der Waals surface area contributed by atoms with E-state index >= 15 is 0 Å². The van der Waals surface area contributed by atoms with Gasteiger partial charge in [-0.05, 0) is 31.2 Å². The van der Waals surface area contributed by atoms with Crippen LogP contribution in [0.5, 0.6) is 23.0 Å². The van der Waals surface area contributed by atoms with Crippen LogP contribution >= 0.6 is 11.6 Å². The average Bonchev–Trinajstić information content (AvgIpc) is 2.71. The lowest BCUT2D eigenvalue weighted by Gasteiger charge is -2.14. The van der Waals surface area contributed by atoms with Crippen molar-refractivity contribution in [2.45, 2.75) is 6.92 Å². The molecule has 0 aliphatic carbocycles. The lowest BCUT2D eigenvalue weighted by Crippen LogP contribution is -2.11. The Balaban J connectivity index is 2.01. The molecule has 0 bridgehead atoms. The molecule has 146 valence electrons. The Morgan fingerprint density at radius 1 is 1.00 bits per heavy atom. The summed E-state index contributed by atoms with van der Waals surface area (Å²) >= 11 is 5.80. The van der Waals surface area contributed by atoms with Gasteiger partial charge in [-0.15, -0.1) is 0 Å². The highest BCUT2D eigenvalue weighted by atomic mass is 35.5. The normalized spacial score (nSPS) is 10.6. The summed E-state index contributed by atoms with van der Waals surface area (Å²) in [5.41, 5.74) is 0.636. The van der Waals surface area contributed by atoms with Crippen molar-refractivity contribution in [1.29, 1.82) is 0 Å². The van der Waals surface area contributed by atoms with Crippen LogP contribution in [0.2, 0.25) is 5.02 Å². The van der Waals surface area contributed by atoms with Gasteiger partial charge in [0.25, 0.3) is 0 Å². The van der Waals surface area contributed by atoms with Gasteiger partial charge in [-0.1, -0.05) is 11.6 Å². The minimum absolute atomic E-state index is 0.0194. The van der Waals surface area contributed by atoms with Crippen LogP contribution in [-0.4, -0.2) is 27.3 Å². The van der Waals surface area contributed by atoms with Crippen LogP contribution < -0.4 is 24.4 Å². The number of rotatable bonds is 5. The number of fused-ring (bicyclic) bond motifs is 1. The summed E-state index contributed by atoms with van der Waals surface area (Å²) in [6.45, 7) is 1.68. The Labute approximate surface area is 165 Å². The number of hydrogen-bond acceptors (Lipinski definition) is 7. The Morgan fingerprint density at radius 2 is 1.64 bits per heavy atom. The van der Waals surface area contributed by atoms with E-state index in [2.05, 4.69) is 0 Å². The zero-order chi connectivity index (χ0) is 20.4. The van der Waals surface area contributed by atoms with Crippen molar-refractivity contribution in [2.75, 3.05) is 21.3 Å². The van der Waals surface area contributed by atoms with Crippen LogP contribution in [0.15, 0.2) is 39.7 Å². The Kier molecular flexibility index (Phi) is 5.46. The molecular formula is C20H17ClO7. The zero-order valence-electron chi connectivity index (χ0n) is 15.6. The monoisotopic (exact) mass is 404 g/mol. The van der Waals surface area contributed by atoms with Gasteiger partial charge in [-0.25, -0.2) is 4.79 Å². The number of methoxy groups -OCH3 is 3. The molecule has 0 atom stereocenters. The van der Waals surface area contributed by atoms with Crippen LogP contribution in [0.3, 0.4) is 0 Å². The Bertz CT molecular complexity index is 1090. The predicted molar refractivity (Wildman–Crippen MR) is 103 cm³/mol. The average molecular weight is 405 g/mol. The SMILES string of the molecule is COc1cc(C(=O)Oc2ccc3c(=O)c(Cl)coc3c2C)cc(OC)c1OC. The molecule has 0 unspecified atom stereocenters. The zero-order valence-corrected chi connectivity index (χ0v) is 16.4. The molecule has 0 amide bonds. The van der Waals surface area contributed by atoms with Gasteiger partial charge in [0, 0.05) is 5.56 Å². The summed E-state index contributed by atoms with van der Waals surface area (Å²) in [5.74, 6) is 0.617. The minimum Gasteiger partial charge on any atom is -0.493 e. The molecule has 8 heteroatoms. The minimum atomic E-state index is -0.641. The molecule has 1 aromatic heterocycles. The van der Waals surface area contributed by atoms with Gasteiger partial charge < -0.3 is 23.4 Å². The van der Waals surface area contributed by atoms with E-state index in [1.807, 2.05) is 0 Å². The number of aryl methyl sites for hydroxylation is 1. The summed E-state index contributed by atoms with van der Waals surface area (Å²) in [6.07, 6.45) is 1.16. The molecule has 3 aromatic rings. The number of benzene rings is 2. The van der Waals surface area contributed by atoms with Gasteiger partial charge in [0.2, 0.25) is 11.2 Å². The maximum Gasteiger partial charge on any atom is 0.343 e. The highest BCUT2D eigenvalue weighted by Gasteiger charge is 2.20. The number of hydrogen-bond donors (Lipinski definition) is 0. The highest BCUT2D eigenvalue weighted by Crippen LogP contribution is 2.38. The van der Waals surface area contributed by atoms with Crippen LogP contribution in [-0.2, 0) is 0 Å². The van der Waals surface area contributed by atoms with Crippen molar-refractivity contribution in [1.82, 2.24) is 0 Å². The molecule has 28 heavy (non-hydrogen) atoms. The van der Waals surface area contributed by atoms with Gasteiger partial charge in [0.15, 0.2) is 11.5 Å².